The smallest absolute Gasteiger partial charge is 0.376 e. The highest BCUT2D eigenvalue weighted by molar-refractivity contribution is 7.53. The Morgan fingerprint density at radius 3 is 2.78 bits per heavy atom. The van der Waals surface area contributed by atoms with Crippen LogP contribution in [0.5, 0.6) is 5.75 Å². The fourth-order valence-corrected chi connectivity index (χ4v) is 3.03. The van der Waals surface area contributed by atoms with Crippen molar-refractivity contribution < 1.29 is 28.3 Å². The lowest BCUT2D eigenvalue weighted by molar-refractivity contribution is -0.138. The molecule has 0 saturated carbocycles. The van der Waals surface area contributed by atoms with Gasteiger partial charge in [0, 0.05) is 17.0 Å². The zero-order valence-electron chi connectivity index (χ0n) is 12.3. The molecule has 2 atom stereocenters. The summed E-state index contributed by atoms with van der Waals surface area (Å²) < 4.78 is 22.0. The number of aliphatic carboxylic acids is 1. The molecule has 1 heterocycles. The lowest BCUT2D eigenvalue weighted by Crippen LogP contribution is -2.31. The summed E-state index contributed by atoms with van der Waals surface area (Å²) in [4.78, 5) is 31.9. The number of nitrogens with two attached hydrogens (primary N) is 1. The molecule has 8 nitrogen and oxygen atoms in total. The fourth-order valence-electron chi connectivity index (χ4n) is 1.89. The van der Waals surface area contributed by atoms with Crippen molar-refractivity contribution in [2.75, 3.05) is 6.16 Å². The molecule has 0 aliphatic rings. The highest BCUT2D eigenvalue weighted by Crippen LogP contribution is 2.43. The third kappa shape index (κ3) is 4.41. The summed E-state index contributed by atoms with van der Waals surface area (Å²) in [5.74, 6) is -1.22. The van der Waals surface area contributed by atoms with Crippen LogP contribution in [-0.4, -0.2) is 28.2 Å². The maximum absolute atomic E-state index is 12.0. The minimum atomic E-state index is -4.07. The summed E-state index contributed by atoms with van der Waals surface area (Å²) in [5.41, 5.74) is 5.45. The summed E-state index contributed by atoms with van der Waals surface area (Å²) in [6, 6.07) is 4.77. The lowest BCUT2D eigenvalue weighted by Gasteiger charge is -2.14. The van der Waals surface area contributed by atoms with Crippen LogP contribution in [0.15, 0.2) is 33.5 Å². The standard InChI is InChI=1S/C14H16NO7P/c1-8-6-9-2-3-10(7-12(9)21-14(8)18)22-23(19,20)5-4-11(15)13(16)17/h2-3,6-7,11H,4-5,15H2,1H3,(H,16,17)(H,19,20). The second-order valence-electron chi connectivity index (χ2n) is 5.10. The summed E-state index contributed by atoms with van der Waals surface area (Å²) >= 11 is 0. The SMILES string of the molecule is Cc1cc2ccc(OP(=O)(O)CCC(N)C(=O)O)cc2oc1=O. The number of carboxylic acid groups (broad SMARTS) is 1. The molecule has 0 aliphatic heterocycles. The predicted molar refractivity (Wildman–Crippen MR) is 82.8 cm³/mol. The van der Waals surface area contributed by atoms with E-state index in [2.05, 4.69) is 0 Å². The molecule has 9 heteroatoms. The number of carboxylic acids is 1. The minimum absolute atomic E-state index is 0.0410. The first-order valence-corrected chi connectivity index (χ1v) is 8.48. The number of hydrogen-bond donors (Lipinski definition) is 3. The maximum Gasteiger partial charge on any atom is 0.376 e. The molecule has 4 N–H and O–H groups in total. The number of fused-ring (bicyclic) bond motifs is 1. The van der Waals surface area contributed by atoms with E-state index < -0.39 is 31.4 Å². The van der Waals surface area contributed by atoms with Gasteiger partial charge in [0.05, 0.1) is 6.16 Å². The van der Waals surface area contributed by atoms with E-state index >= 15 is 0 Å². The van der Waals surface area contributed by atoms with Gasteiger partial charge in [0.1, 0.15) is 17.4 Å². The number of carbonyl (C=O) groups is 1. The van der Waals surface area contributed by atoms with Crippen LogP contribution in [0, 0.1) is 6.92 Å². The Hall–Kier alpha value is -2.15. The summed E-state index contributed by atoms with van der Waals surface area (Å²) in [6.07, 6.45) is -0.610. The average molecular weight is 341 g/mol. The van der Waals surface area contributed by atoms with Gasteiger partial charge in [0.15, 0.2) is 0 Å². The first kappa shape index (κ1) is 17.2. The van der Waals surface area contributed by atoms with E-state index in [1.165, 1.54) is 12.1 Å². The first-order valence-electron chi connectivity index (χ1n) is 6.72. The van der Waals surface area contributed by atoms with Crippen LogP contribution in [0.25, 0.3) is 11.0 Å². The zero-order chi connectivity index (χ0) is 17.2. The van der Waals surface area contributed by atoms with E-state index in [9.17, 15) is 19.0 Å². The third-order valence-corrected chi connectivity index (χ3v) is 4.49. The highest BCUT2D eigenvalue weighted by Gasteiger charge is 2.24. The van der Waals surface area contributed by atoms with E-state index in [1.807, 2.05) is 0 Å². The monoisotopic (exact) mass is 341 g/mol. The van der Waals surface area contributed by atoms with Crippen LogP contribution in [0.2, 0.25) is 0 Å². The van der Waals surface area contributed by atoms with Gasteiger partial charge in [-0.2, -0.15) is 0 Å². The van der Waals surface area contributed by atoms with Gasteiger partial charge in [-0.05, 0) is 31.5 Å². The zero-order valence-corrected chi connectivity index (χ0v) is 13.2. The van der Waals surface area contributed by atoms with E-state index in [0.717, 1.165) is 0 Å². The van der Waals surface area contributed by atoms with Crippen molar-refractivity contribution in [3.05, 3.63) is 40.2 Å². The van der Waals surface area contributed by atoms with Crippen molar-refractivity contribution in [3.63, 3.8) is 0 Å². The third-order valence-electron chi connectivity index (χ3n) is 3.17. The Balaban J connectivity index is 2.17. The molecule has 0 fully saturated rings. The van der Waals surface area contributed by atoms with Crippen LogP contribution < -0.4 is 15.9 Å². The molecule has 2 aromatic rings. The normalized spacial score (nSPS) is 15.1. The molecule has 124 valence electrons. The van der Waals surface area contributed by atoms with Crippen LogP contribution in [0.4, 0.5) is 0 Å². The predicted octanol–water partition coefficient (Wildman–Crippen LogP) is 1.47. The van der Waals surface area contributed by atoms with Gasteiger partial charge in [-0.1, -0.05) is 0 Å². The van der Waals surface area contributed by atoms with Crippen LogP contribution in [-0.2, 0) is 9.36 Å². The van der Waals surface area contributed by atoms with E-state index in [4.69, 9.17) is 19.8 Å². The van der Waals surface area contributed by atoms with E-state index in [1.54, 1.807) is 19.1 Å². The Bertz CT molecular complexity index is 845. The maximum atomic E-state index is 12.0. The van der Waals surface area contributed by atoms with Gasteiger partial charge in [0.25, 0.3) is 0 Å². The fraction of sp³-hybridized carbons (Fsp3) is 0.286. The number of aryl methyl sites for hydroxylation is 1. The Morgan fingerprint density at radius 1 is 1.43 bits per heavy atom. The van der Waals surface area contributed by atoms with Crippen molar-refractivity contribution in [3.8, 4) is 5.75 Å². The van der Waals surface area contributed by atoms with Gasteiger partial charge in [-0.25, -0.2) is 9.36 Å². The molecule has 0 amide bonds. The van der Waals surface area contributed by atoms with Crippen LogP contribution >= 0.6 is 7.60 Å². The number of benzene rings is 1. The van der Waals surface area contributed by atoms with E-state index in [0.29, 0.717) is 10.9 Å². The van der Waals surface area contributed by atoms with Crippen molar-refractivity contribution in [1.82, 2.24) is 0 Å². The van der Waals surface area contributed by atoms with Crippen LogP contribution in [0.1, 0.15) is 12.0 Å². The molecule has 0 radical (unpaired) electrons. The highest BCUT2D eigenvalue weighted by atomic mass is 31.2. The average Bonchev–Trinajstić information content (AvgIpc) is 2.46. The van der Waals surface area contributed by atoms with Crippen LogP contribution in [0.3, 0.4) is 0 Å². The van der Waals surface area contributed by atoms with Crippen molar-refractivity contribution in [2.24, 2.45) is 5.73 Å². The van der Waals surface area contributed by atoms with Gasteiger partial charge < -0.3 is 24.7 Å². The molecule has 0 aliphatic carbocycles. The molecule has 23 heavy (non-hydrogen) atoms. The largest absolute Gasteiger partial charge is 0.480 e. The van der Waals surface area contributed by atoms with Gasteiger partial charge in [-0.3, -0.25) is 4.79 Å². The molecule has 2 rings (SSSR count). The molecule has 1 aromatic heterocycles. The van der Waals surface area contributed by atoms with Crippen molar-refractivity contribution in [2.45, 2.75) is 19.4 Å². The lowest BCUT2D eigenvalue weighted by atomic mass is 10.2. The van der Waals surface area contributed by atoms with Crippen molar-refractivity contribution >= 4 is 24.5 Å². The molecular weight excluding hydrogens is 325 g/mol. The van der Waals surface area contributed by atoms with Gasteiger partial charge in [-0.15, -0.1) is 0 Å². The number of hydrogen-bond acceptors (Lipinski definition) is 6. The van der Waals surface area contributed by atoms with E-state index in [-0.39, 0.29) is 17.8 Å². The Kier molecular flexibility index (Phi) is 4.89. The molecule has 0 spiro atoms. The number of rotatable bonds is 6. The summed E-state index contributed by atoms with van der Waals surface area (Å²) in [5, 5.41) is 9.30. The Morgan fingerprint density at radius 2 is 2.13 bits per heavy atom. The summed E-state index contributed by atoms with van der Waals surface area (Å²) in [7, 11) is -4.07. The van der Waals surface area contributed by atoms with Crippen molar-refractivity contribution in [1.29, 1.82) is 0 Å². The second-order valence-corrected chi connectivity index (χ2v) is 7.01. The second kappa shape index (κ2) is 6.54. The molecular formula is C14H16NO7P. The molecule has 0 bridgehead atoms. The topological polar surface area (TPSA) is 140 Å². The Labute approximate surface area is 131 Å². The summed E-state index contributed by atoms with van der Waals surface area (Å²) in [6.45, 7) is 1.61. The van der Waals surface area contributed by atoms with Gasteiger partial charge in [0.2, 0.25) is 0 Å². The minimum Gasteiger partial charge on any atom is -0.480 e. The molecule has 2 unspecified atom stereocenters. The molecule has 0 saturated heterocycles. The van der Waals surface area contributed by atoms with Gasteiger partial charge >= 0.3 is 19.2 Å². The first-order chi connectivity index (χ1) is 10.7. The molecule has 1 aromatic carbocycles. The quantitative estimate of drug-likeness (QED) is 0.530.